The zero-order valence-corrected chi connectivity index (χ0v) is 16.1. The van der Waals surface area contributed by atoms with Gasteiger partial charge < -0.3 is 9.47 Å². The van der Waals surface area contributed by atoms with Gasteiger partial charge in [0.1, 0.15) is 17.7 Å². The molecule has 2 aromatic rings. The number of hydrogen-bond donors (Lipinski definition) is 0. The van der Waals surface area contributed by atoms with Crippen molar-refractivity contribution in [1.29, 1.82) is 0 Å². The molecule has 6 nitrogen and oxygen atoms in total. The van der Waals surface area contributed by atoms with Crippen LogP contribution in [0.15, 0.2) is 36.8 Å². The van der Waals surface area contributed by atoms with E-state index < -0.39 is 18.1 Å². The fourth-order valence-corrected chi connectivity index (χ4v) is 2.41. The van der Waals surface area contributed by atoms with Crippen molar-refractivity contribution in [3.8, 4) is 17.0 Å². The van der Waals surface area contributed by atoms with Crippen LogP contribution in [0, 0.1) is 0 Å². The number of amides is 1. The molecule has 0 aliphatic carbocycles. The van der Waals surface area contributed by atoms with Gasteiger partial charge in [0.25, 0.3) is 0 Å². The molecule has 0 unspecified atom stereocenters. The first-order valence-corrected chi connectivity index (χ1v) is 8.67. The lowest BCUT2D eigenvalue weighted by molar-refractivity contribution is -0.274. The van der Waals surface area contributed by atoms with Gasteiger partial charge in [-0.05, 0) is 51.5 Å². The van der Waals surface area contributed by atoms with Crippen LogP contribution in [0.1, 0.15) is 34.1 Å². The Balaban J connectivity index is 2.38. The molecule has 2 rings (SSSR count). The quantitative estimate of drug-likeness (QED) is 0.694. The molecule has 0 spiro atoms. The summed E-state index contributed by atoms with van der Waals surface area (Å²) in [5, 5.41) is 0. The van der Waals surface area contributed by atoms with Gasteiger partial charge in [0, 0.05) is 12.1 Å². The predicted molar refractivity (Wildman–Crippen MR) is 98.0 cm³/mol. The van der Waals surface area contributed by atoms with Gasteiger partial charge in [0.05, 0.1) is 17.6 Å². The molecule has 0 aliphatic rings. The highest BCUT2D eigenvalue weighted by Crippen LogP contribution is 2.31. The fourth-order valence-electron chi connectivity index (χ4n) is 2.41. The van der Waals surface area contributed by atoms with Gasteiger partial charge in [-0.2, -0.15) is 0 Å². The van der Waals surface area contributed by atoms with E-state index >= 15 is 0 Å². The molecule has 0 aliphatic heterocycles. The highest BCUT2D eigenvalue weighted by molar-refractivity contribution is 5.92. The van der Waals surface area contributed by atoms with Crippen LogP contribution < -0.4 is 9.64 Å². The number of halogens is 3. The van der Waals surface area contributed by atoms with Gasteiger partial charge in [0.15, 0.2) is 0 Å². The van der Waals surface area contributed by atoms with E-state index in [0.717, 1.165) is 0 Å². The number of anilines is 1. The minimum atomic E-state index is -4.77. The summed E-state index contributed by atoms with van der Waals surface area (Å²) in [5.74, 6) is -0.343. The summed E-state index contributed by atoms with van der Waals surface area (Å²) in [6, 6.07) is 5.25. The van der Waals surface area contributed by atoms with E-state index in [1.54, 1.807) is 20.8 Å². The summed E-state index contributed by atoms with van der Waals surface area (Å²) < 4.78 is 46.4. The second-order valence-corrected chi connectivity index (χ2v) is 6.96. The summed E-state index contributed by atoms with van der Waals surface area (Å²) in [4.78, 5) is 22.3. The van der Waals surface area contributed by atoms with E-state index in [4.69, 9.17) is 4.74 Å². The van der Waals surface area contributed by atoms with Crippen LogP contribution in [0.5, 0.6) is 5.75 Å². The van der Waals surface area contributed by atoms with Crippen molar-refractivity contribution in [1.82, 2.24) is 9.97 Å². The van der Waals surface area contributed by atoms with Crippen molar-refractivity contribution >= 4 is 11.8 Å². The van der Waals surface area contributed by atoms with Crippen LogP contribution in [-0.2, 0) is 4.74 Å². The van der Waals surface area contributed by atoms with Crippen molar-refractivity contribution < 1.29 is 27.4 Å². The molecule has 1 amide bonds. The van der Waals surface area contributed by atoms with E-state index in [9.17, 15) is 18.0 Å². The molecule has 1 aromatic carbocycles. The van der Waals surface area contributed by atoms with E-state index in [1.165, 1.54) is 41.7 Å². The normalized spacial score (nSPS) is 11.8. The van der Waals surface area contributed by atoms with Crippen molar-refractivity contribution in [2.45, 2.75) is 46.1 Å². The SMILES string of the molecule is CCCN(C(=O)OC(C)(C)C)c1cncnc1-c1ccc(OC(F)(F)F)cc1. The maximum Gasteiger partial charge on any atom is 0.573 e. The third kappa shape index (κ3) is 6.11. The number of ether oxygens (including phenoxy) is 2. The molecule has 0 saturated carbocycles. The van der Waals surface area contributed by atoms with Gasteiger partial charge in [0.2, 0.25) is 0 Å². The first kappa shape index (κ1) is 21.5. The largest absolute Gasteiger partial charge is 0.573 e. The Morgan fingerprint density at radius 3 is 2.32 bits per heavy atom. The smallest absolute Gasteiger partial charge is 0.443 e. The highest BCUT2D eigenvalue weighted by atomic mass is 19.4. The third-order valence-corrected chi connectivity index (χ3v) is 3.41. The Morgan fingerprint density at radius 1 is 1.14 bits per heavy atom. The van der Waals surface area contributed by atoms with E-state index in [-0.39, 0.29) is 5.75 Å². The average Bonchev–Trinajstić information content (AvgIpc) is 2.57. The Bertz CT molecular complexity index is 803. The fraction of sp³-hybridized carbons (Fsp3) is 0.421. The van der Waals surface area contributed by atoms with Crippen LogP contribution in [0.4, 0.5) is 23.7 Å². The topological polar surface area (TPSA) is 64.6 Å². The van der Waals surface area contributed by atoms with Crippen LogP contribution in [-0.4, -0.2) is 34.6 Å². The van der Waals surface area contributed by atoms with Crippen molar-refractivity contribution in [3.05, 3.63) is 36.8 Å². The zero-order valence-electron chi connectivity index (χ0n) is 16.1. The Morgan fingerprint density at radius 2 is 1.79 bits per heavy atom. The maximum absolute atomic E-state index is 12.6. The third-order valence-electron chi connectivity index (χ3n) is 3.41. The molecule has 28 heavy (non-hydrogen) atoms. The molecule has 152 valence electrons. The first-order chi connectivity index (χ1) is 13.0. The maximum atomic E-state index is 12.6. The molecular weight excluding hydrogens is 375 g/mol. The lowest BCUT2D eigenvalue weighted by atomic mass is 10.1. The Labute approximate surface area is 161 Å². The number of carbonyl (C=O) groups is 1. The minimum absolute atomic E-state index is 0.343. The molecule has 9 heteroatoms. The van der Waals surface area contributed by atoms with Gasteiger partial charge in [-0.25, -0.2) is 14.8 Å². The predicted octanol–water partition coefficient (Wildman–Crippen LogP) is 5.19. The van der Waals surface area contributed by atoms with Crippen LogP contribution in [0.3, 0.4) is 0 Å². The standard InChI is InChI=1S/C19H22F3N3O3/c1-5-10-25(17(26)28-18(2,3)4)15-11-23-12-24-16(15)13-6-8-14(9-7-13)27-19(20,21)22/h6-9,11-12H,5,10H2,1-4H3. The highest BCUT2D eigenvalue weighted by Gasteiger charge is 2.31. The second kappa shape index (κ2) is 8.45. The van der Waals surface area contributed by atoms with Crippen molar-refractivity contribution in [3.63, 3.8) is 0 Å². The van der Waals surface area contributed by atoms with Gasteiger partial charge in [-0.15, -0.1) is 13.2 Å². The summed E-state index contributed by atoms with van der Waals surface area (Å²) >= 11 is 0. The van der Waals surface area contributed by atoms with Gasteiger partial charge in [-0.1, -0.05) is 6.92 Å². The number of aromatic nitrogens is 2. The average molecular weight is 397 g/mol. The van der Waals surface area contributed by atoms with E-state index in [0.29, 0.717) is 29.9 Å². The molecule has 0 saturated heterocycles. The summed E-state index contributed by atoms with van der Waals surface area (Å²) in [6.07, 6.45) is -1.88. The van der Waals surface area contributed by atoms with Crippen LogP contribution in [0.2, 0.25) is 0 Å². The van der Waals surface area contributed by atoms with Crippen LogP contribution >= 0.6 is 0 Å². The lowest BCUT2D eigenvalue weighted by Crippen LogP contribution is -2.37. The van der Waals surface area contributed by atoms with Crippen LogP contribution in [0.25, 0.3) is 11.3 Å². The molecule has 0 atom stereocenters. The lowest BCUT2D eigenvalue weighted by Gasteiger charge is -2.28. The zero-order chi connectivity index (χ0) is 20.9. The van der Waals surface area contributed by atoms with Gasteiger partial charge in [-0.3, -0.25) is 4.90 Å². The van der Waals surface area contributed by atoms with Crippen molar-refractivity contribution in [2.75, 3.05) is 11.4 Å². The molecule has 0 radical (unpaired) electrons. The molecule has 1 heterocycles. The first-order valence-electron chi connectivity index (χ1n) is 8.67. The number of alkyl halides is 3. The summed E-state index contributed by atoms with van der Waals surface area (Å²) in [6.45, 7) is 7.55. The molecule has 1 aromatic heterocycles. The number of nitrogens with zero attached hydrogens (tertiary/aromatic N) is 3. The molecule has 0 fully saturated rings. The summed E-state index contributed by atoms with van der Waals surface area (Å²) in [7, 11) is 0. The number of rotatable bonds is 5. The van der Waals surface area contributed by atoms with Crippen molar-refractivity contribution in [2.24, 2.45) is 0 Å². The van der Waals surface area contributed by atoms with Gasteiger partial charge >= 0.3 is 12.5 Å². The second-order valence-electron chi connectivity index (χ2n) is 6.96. The number of carbonyl (C=O) groups excluding carboxylic acids is 1. The molecule has 0 N–H and O–H groups in total. The molecule has 0 bridgehead atoms. The summed E-state index contributed by atoms with van der Waals surface area (Å²) in [5.41, 5.74) is 0.627. The Kier molecular flexibility index (Phi) is 6.48. The van der Waals surface area contributed by atoms with E-state index in [1.807, 2.05) is 6.92 Å². The monoisotopic (exact) mass is 397 g/mol. The minimum Gasteiger partial charge on any atom is -0.443 e. The number of hydrogen-bond acceptors (Lipinski definition) is 5. The van der Waals surface area contributed by atoms with E-state index in [2.05, 4.69) is 14.7 Å². The number of benzene rings is 1. The molecular formula is C19H22F3N3O3. The Hall–Kier alpha value is -2.84.